The Bertz CT molecular complexity index is 555. The highest BCUT2D eigenvalue weighted by molar-refractivity contribution is 9.10. The number of nitrogens with two attached hydrogens (primary N) is 1. The average molecular weight is 326 g/mol. The number of halogens is 2. The van der Waals surface area contributed by atoms with E-state index < -0.39 is 5.54 Å². The molecule has 1 aromatic heterocycles. The molecule has 0 fully saturated rings. The highest BCUT2D eigenvalue weighted by Crippen LogP contribution is 2.27. The summed E-state index contributed by atoms with van der Waals surface area (Å²) in [7, 11) is 0. The summed E-state index contributed by atoms with van der Waals surface area (Å²) >= 11 is 9.58. The van der Waals surface area contributed by atoms with Crippen LogP contribution < -0.4 is 5.73 Å². The fourth-order valence-electron chi connectivity index (χ4n) is 1.89. The standard InChI is InChI=1S/C14H14BrClN2/c1-14(17,11-3-2-4-12(15)7-11)8-10-5-6-18-9-13(10)16/h2-7,9H,8,17H2,1H3. The lowest BCUT2D eigenvalue weighted by atomic mass is 9.87. The van der Waals surface area contributed by atoms with Crippen LogP contribution in [0.15, 0.2) is 47.2 Å². The van der Waals surface area contributed by atoms with E-state index in [0.717, 1.165) is 15.6 Å². The van der Waals surface area contributed by atoms with Crippen molar-refractivity contribution in [2.75, 3.05) is 0 Å². The minimum absolute atomic E-state index is 0.464. The molecule has 0 saturated carbocycles. The van der Waals surface area contributed by atoms with Crippen molar-refractivity contribution in [3.05, 3.63) is 63.3 Å². The van der Waals surface area contributed by atoms with Crippen LogP contribution in [0.1, 0.15) is 18.1 Å². The Balaban J connectivity index is 2.30. The van der Waals surface area contributed by atoms with Crippen LogP contribution in [-0.2, 0) is 12.0 Å². The molecule has 2 nitrogen and oxygen atoms in total. The molecular formula is C14H14BrClN2. The van der Waals surface area contributed by atoms with Crippen LogP contribution >= 0.6 is 27.5 Å². The fourth-order valence-corrected chi connectivity index (χ4v) is 2.47. The van der Waals surface area contributed by atoms with Gasteiger partial charge in [0.1, 0.15) is 0 Å². The second-order valence-corrected chi connectivity index (χ2v) is 5.89. The van der Waals surface area contributed by atoms with Crippen molar-refractivity contribution in [3.63, 3.8) is 0 Å². The lowest BCUT2D eigenvalue weighted by Gasteiger charge is -2.26. The van der Waals surface area contributed by atoms with E-state index in [1.165, 1.54) is 0 Å². The number of hydrogen-bond donors (Lipinski definition) is 1. The van der Waals surface area contributed by atoms with Gasteiger partial charge in [0.25, 0.3) is 0 Å². The molecule has 0 amide bonds. The summed E-state index contributed by atoms with van der Waals surface area (Å²) in [6.07, 6.45) is 4.05. The molecule has 4 heteroatoms. The molecule has 1 aromatic carbocycles. The number of aromatic nitrogens is 1. The second kappa shape index (κ2) is 5.39. The number of benzene rings is 1. The number of rotatable bonds is 3. The summed E-state index contributed by atoms with van der Waals surface area (Å²) in [4.78, 5) is 3.98. The Morgan fingerprint density at radius 3 is 2.83 bits per heavy atom. The van der Waals surface area contributed by atoms with Gasteiger partial charge in [-0.3, -0.25) is 4.98 Å². The zero-order valence-corrected chi connectivity index (χ0v) is 12.4. The first kappa shape index (κ1) is 13.5. The third-order valence-electron chi connectivity index (χ3n) is 2.90. The van der Waals surface area contributed by atoms with Crippen molar-refractivity contribution < 1.29 is 0 Å². The Hall–Kier alpha value is -0.900. The molecule has 18 heavy (non-hydrogen) atoms. The van der Waals surface area contributed by atoms with Gasteiger partial charge in [0.05, 0.1) is 5.02 Å². The molecule has 0 aliphatic heterocycles. The summed E-state index contributed by atoms with van der Waals surface area (Å²) in [5.41, 5.74) is 8.03. The van der Waals surface area contributed by atoms with E-state index in [-0.39, 0.29) is 0 Å². The molecule has 94 valence electrons. The molecule has 2 aromatic rings. The molecule has 0 aliphatic carbocycles. The normalized spacial score (nSPS) is 14.2. The van der Waals surface area contributed by atoms with E-state index in [4.69, 9.17) is 17.3 Å². The van der Waals surface area contributed by atoms with Gasteiger partial charge in [-0.05, 0) is 42.7 Å². The highest BCUT2D eigenvalue weighted by Gasteiger charge is 2.22. The summed E-state index contributed by atoms with van der Waals surface area (Å²) in [5, 5.41) is 0.657. The highest BCUT2D eigenvalue weighted by atomic mass is 79.9. The first-order chi connectivity index (χ1) is 8.49. The van der Waals surface area contributed by atoms with Gasteiger partial charge in [-0.15, -0.1) is 0 Å². The molecule has 1 unspecified atom stereocenters. The number of hydrogen-bond acceptors (Lipinski definition) is 2. The lowest BCUT2D eigenvalue weighted by molar-refractivity contribution is 0.491. The zero-order chi connectivity index (χ0) is 13.2. The number of nitrogens with zero attached hydrogens (tertiary/aromatic N) is 1. The predicted octanol–water partition coefficient (Wildman–Crippen LogP) is 3.91. The Labute approximate surface area is 120 Å². The maximum Gasteiger partial charge on any atom is 0.0622 e. The lowest BCUT2D eigenvalue weighted by Crippen LogP contribution is -2.35. The number of pyridine rings is 1. The maximum atomic E-state index is 6.41. The summed E-state index contributed by atoms with van der Waals surface area (Å²) in [5.74, 6) is 0. The van der Waals surface area contributed by atoms with Crippen molar-refractivity contribution in [2.45, 2.75) is 18.9 Å². The Kier molecular flexibility index (Phi) is 4.05. The van der Waals surface area contributed by atoms with E-state index in [9.17, 15) is 0 Å². The van der Waals surface area contributed by atoms with Crippen LogP contribution in [-0.4, -0.2) is 4.98 Å². The molecule has 0 bridgehead atoms. The first-order valence-electron chi connectivity index (χ1n) is 5.62. The molecule has 0 radical (unpaired) electrons. The summed E-state index contributed by atoms with van der Waals surface area (Å²) in [6.45, 7) is 2.01. The van der Waals surface area contributed by atoms with E-state index in [2.05, 4.69) is 20.9 Å². The van der Waals surface area contributed by atoms with Gasteiger partial charge in [-0.2, -0.15) is 0 Å². The van der Waals surface area contributed by atoms with Gasteiger partial charge >= 0.3 is 0 Å². The monoisotopic (exact) mass is 324 g/mol. The van der Waals surface area contributed by atoms with E-state index in [0.29, 0.717) is 11.4 Å². The van der Waals surface area contributed by atoms with E-state index in [1.54, 1.807) is 12.4 Å². The summed E-state index contributed by atoms with van der Waals surface area (Å²) in [6, 6.07) is 9.94. The van der Waals surface area contributed by atoms with Gasteiger partial charge in [0.15, 0.2) is 0 Å². The SMILES string of the molecule is CC(N)(Cc1ccncc1Cl)c1cccc(Br)c1. The average Bonchev–Trinajstić information content (AvgIpc) is 2.32. The van der Waals surface area contributed by atoms with Crippen molar-refractivity contribution in [3.8, 4) is 0 Å². The van der Waals surface area contributed by atoms with Crippen LogP contribution in [0.5, 0.6) is 0 Å². The van der Waals surface area contributed by atoms with E-state index in [1.807, 2.05) is 37.3 Å². The minimum Gasteiger partial charge on any atom is -0.321 e. The van der Waals surface area contributed by atoms with E-state index >= 15 is 0 Å². The Morgan fingerprint density at radius 2 is 2.17 bits per heavy atom. The van der Waals surface area contributed by atoms with Gasteiger partial charge in [-0.1, -0.05) is 39.7 Å². The second-order valence-electron chi connectivity index (χ2n) is 4.57. The van der Waals surface area contributed by atoms with Gasteiger partial charge in [0, 0.05) is 22.4 Å². The van der Waals surface area contributed by atoms with Crippen LogP contribution in [0.3, 0.4) is 0 Å². The quantitative estimate of drug-likeness (QED) is 0.929. The van der Waals surface area contributed by atoms with Crippen LogP contribution in [0.25, 0.3) is 0 Å². The smallest absolute Gasteiger partial charge is 0.0622 e. The van der Waals surface area contributed by atoms with Crippen molar-refractivity contribution in [1.29, 1.82) is 0 Å². The zero-order valence-electron chi connectivity index (χ0n) is 10.0. The molecule has 0 aliphatic rings. The molecular weight excluding hydrogens is 312 g/mol. The van der Waals surface area contributed by atoms with Gasteiger partial charge in [-0.25, -0.2) is 0 Å². The van der Waals surface area contributed by atoms with Crippen LogP contribution in [0, 0.1) is 0 Å². The fraction of sp³-hybridized carbons (Fsp3) is 0.214. The molecule has 0 spiro atoms. The first-order valence-corrected chi connectivity index (χ1v) is 6.79. The molecule has 0 saturated heterocycles. The van der Waals surface area contributed by atoms with Gasteiger partial charge < -0.3 is 5.73 Å². The van der Waals surface area contributed by atoms with Crippen LogP contribution in [0.4, 0.5) is 0 Å². The Morgan fingerprint density at radius 1 is 1.39 bits per heavy atom. The predicted molar refractivity (Wildman–Crippen MR) is 78.6 cm³/mol. The third kappa shape index (κ3) is 3.10. The largest absolute Gasteiger partial charge is 0.321 e. The van der Waals surface area contributed by atoms with Gasteiger partial charge in [0.2, 0.25) is 0 Å². The molecule has 1 heterocycles. The molecule has 1 atom stereocenters. The van der Waals surface area contributed by atoms with Crippen LogP contribution in [0.2, 0.25) is 5.02 Å². The molecule has 2 N–H and O–H groups in total. The third-order valence-corrected chi connectivity index (χ3v) is 3.73. The molecule has 2 rings (SSSR count). The summed E-state index contributed by atoms with van der Waals surface area (Å²) < 4.78 is 1.03. The van der Waals surface area contributed by atoms with Crippen molar-refractivity contribution in [1.82, 2.24) is 4.98 Å². The minimum atomic E-state index is -0.464. The van der Waals surface area contributed by atoms with Crippen molar-refractivity contribution >= 4 is 27.5 Å². The maximum absolute atomic E-state index is 6.41. The topological polar surface area (TPSA) is 38.9 Å². The van der Waals surface area contributed by atoms with Crippen molar-refractivity contribution in [2.24, 2.45) is 5.73 Å².